The third-order valence-corrected chi connectivity index (χ3v) is 3.87. The van der Waals surface area contributed by atoms with E-state index in [0.717, 1.165) is 11.4 Å². The van der Waals surface area contributed by atoms with Crippen molar-refractivity contribution in [2.45, 2.75) is 32.9 Å². The first-order valence-corrected chi connectivity index (χ1v) is 7.67. The van der Waals surface area contributed by atoms with Crippen LogP contribution in [0.15, 0.2) is 6.07 Å². The number of rotatable bonds is 4. The first-order valence-electron chi connectivity index (χ1n) is 7.67. The lowest BCUT2D eigenvalue weighted by Crippen LogP contribution is -2.42. The highest BCUT2D eigenvalue weighted by molar-refractivity contribution is 5.76. The van der Waals surface area contributed by atoms with Crippen LogP contribution in [-0.4, -0.2) is 60.5 Å². The lowest BCUT2D eigenvalue weighted by molar-refractivity contribution is -0.139. The number of aromatic nitrogens is 6. The number of amides is 1. The van der Waals surface area contributed by atoms with Crippen molar-refractivity contribution in [1.29, 1.82) is 0 Å². The van der Waals surface area contributed by atoms with Crippen molar-refractivity contribution < 1.29 is 9.53 Å². The zero-order chi connectivity index (χ0) is 16.4. The van der Waals surface area contributed by atoms with E-state index < -0.39 is 0 Å². The average Bonchev–Trinajstić information content (AvgIpc) is 3.10. The summed E-state index contributed by atoms with van der Waals surface area (Å²) in [6.45, 7) is 6.06. The van der Waals surface area contributed by atoms with Gasteiger partial charge < -0.3 is 9.64 Å². The predicted octanol–water partition coefficient (Wildman–Crippen LogP) is 0.0136. The fourth-order valence-electron chi connectivity index (χ4n) is 2.72. The van der Waals surface area contributed by atoms with Gasteiger partial charge in [0.2, 0.25) is 11.7 Å². The third-order valence-electron chi connectivity index (χ3n) is 3.87. The summed E-state index contributed by atoms with van der Waals surface area (Å²) in [5, 5.41) is 16.3. The van der Waals surface area contributed by atoms with E-state index in [1.54, 1.807) is 11.9 Å². The zero-order valence-corrected chi connectivity index (χ0v) is 13.6. The molecule has 3 heterocycles. The minimum Gasteiger partial charge on any atom is -0.366 e. The van der Waals surface area contributed by atoms with Gasteiger partial charge in [0.1, 0.15) is 6.10 Å². The second-order valence-electron chi connectivity index (χ2n) is 5.74. The molecule has 0 radical (unpaired) electrons. The normalized spacial score (nSPS) is 18.4. The Labute approximate surface area is 134 Å². The number of morpholine rings is 1. The molecule has 2 aromatic rings. The number of nitrogens with zero attached hydrogens (tertiary/aromatic N) is 7. The van der Waals surface area contributed by atoms with Gasteiger partial charge in [-0.1, -0.05) is 0 Å². The van der Waals surface area contributed by atoms with Crippen LogP contribution in [0.2, 0.25) is 0 Å². The molecule has 2 aromatic heterocycles. The Hall–Kier alpha value is -2.29. The van der Waals surface area contributed by atoms with Crippen LogP contribution in [0.5, 0.6) is 0 Å². The molecule has 9 heteroatoms. The minimum atomic E-state index is -0.310. The van der Waals surface area contributed by atoms with Crippen LogP contribution in [0.1, 0.15) is 29.7 Å². The van der Waals surface area contributed by atoms with Crippen molar-refractivity contribution >= 4 is 5.91 Å². The van der Waals surface area contributed by atoms with Gasteiger partial charge in [-0.15, -0.1) is 10.2 Å². The zero-order valence-electron chi connectivity index (χ0n) is 13.6. The molecule has 1 aliphatic rings. The van der Waals surface area contributed by atoms with Crippen LogP contribution in [0, 0.1) is 13.8 Å². The van der Waals surface area contributed by atoms with Gasteiger partial charge in [0.05, 0.1) is 25.9 Å². The molecule has 23 heavy (non-hydrogen) atoms. The molecule has 1 atom stereocenters. The van der Waals surface area contributed by atoms with Gasteiger partial charge in [-0.05, 0) is 25.1 Å². The van der Waals surface area contributed by atoms with E-state index in [4.69, 9.17) is 4.74 Å². The maximum absolute atomic E-state index is 12.4. The number of ether oxygens (including phenoxy) is 1. The van der Waals surface area contributed by atoms with Crippen molar-refractivity contribution in [3.05, 3.63) is 23.3 Å². The highest BCUT2D eigenvalue weighted by Crippen LogP contribution is 2.19. The fourth-order valence-corrected chi connectivity index (χ4v) is 2.72. The van der Waals surface area contributed by atoms with E-state index in [2.05, 4.69) is 20.5 Å². The van der Waals surface area contributed by atoms with E-state index in [0.29, 0.717) is 38.5 Å². The van der Waals surface area contributed by atoms with E-state index in [1.807, 2.05) is 24.6 Å². The van der Waals surface area contributed by atoms with Crippen molar-refractivity contribution in [1.82, 2.24) is 34.9 Å². The number of hydrogen-bond donors (Lipinski definition) is 0. The quantitative estimate of drug-likeness (QED) is 0.788. The van der Waals surface area contributed by atoms with Gasteiger partial charge in [-0.2, -0.15) is 9.90 Å². The number of carbonyl (C=O) groups is 1. The Bertz CT molecular complexity index is 693. The average molecular weight is 319 g/mol. The van der Waals surface area contributed by atoms with Crippen molar-refractivity contribution in [3.63, 3.8) is 0 Å². The maximum Gasteiger partial charge on any atom is 0.224 e. The van der Waals surface area contributed by atoms with Gasteiger partial charge >= 0.3 is 0 Å². The lowest BCUT2D eigenvalue weighted by atomic mass is 10.2. The van der Waals surface area contributed by atoms with Gasteiger partial charge in [-0.25, -0.2) is 0 Å². The molecule has 3 rings (SSSR count). The maximum atomic E-state index is 12.4. The highest BCUT2D eigenvalue weighted by atomic mass is 16.5. The van der Waals surface area contributed by atoms with E-state index in [-0.39, 0.29) is 12.0 Å². The molecule has 124 valence electrons. The predicted molar refractivity (Wildman–Crippen MR) is 80.4 cm³/mol. The number of aryl methyl sites for hydroxylation is 4. The highest BCUT2D eigenvalue weighted by Gasteiger charge is 2.28. The molecular weight excluding hydrogens is 298 g/mol. The van der Waals surface area contributed by atoms with Gasteiger partial charge in [0.25, 0.3) is 0 Å². The minimum absolute atomic E-state index is 0.0924. The van der Waals surface area contributed by atoms with Crippen molar-refractivity contribution in [2.24, 2.45) is 7.05 Å². The summed E-state index contributed by atoms with van der Waals surface area (Å²) >= 11 is 0. The molecular formula is C14H21N7O2. The first-order chi connectivity index (χ1) is 11.0. The summed E-state index contributed by atoms with van der Waals surface area (Å²) in [5.74, 6) is 0.610. The summed E-state index contributed by atoms with van der Waals surface area (Å²) in [5.41, 5.74) is 2.04. The number of carbonyl (C=O) groups excluding carboxylic acids is 1. The molecule has 1 amide bonds. The molecule has 1 aliphatic heterocycles. The summed E-state index contributed by atoms with van der Waals surface area (Å²) in [6.07, 6.45) is 0.109. The third kappa shape index (κ3) is 3.55. The lowest BCUT2D eigenvalue weighted by Gasteiger charge is -2.31. The van der Waals surface area contributed by atoms with E-state index >= 15 is 0 Å². The second kappa shape index (κ2) is 6.45. The molecule has 0 spiro atoms. The molecule has 0 bridgehead atoms. The molecule has 1 fully saturated rings. The SMILES string of the molecule is Cc1cc(C)n(CCC(=O)N2CCOC(c3nnn(C)n3)C2)n1. The molecule has 9 nitrogen and oxygen atoms in total. The molecule has 0 aromatic carbocycles. The van der Waals surface area contributed by atoms with E-state index in [1.165, 1.54) is 4.80 Å². The number of hydrogen-bond acceptors (Lipinski definition) is 6. The van der Waals surface area contributed by atoms with Crippen LogP contribution >= 0.6 is 0 Å². The van der Waals surface area contributed by atoms with Gasteiger partial charge in [0, 0.05) is 25.2 Å². The monoisotopic (exact) mass is 319 g/mol. The summed E-state index contributed by atoms with van der Waals surface area (Å²) in [7, 11) is 1.71. The molecule has 1 unspecified atom stereocenters. The largest absolute Gasteiger partial charge is 0.366 e. The van der Waals surface area contributed by atoms with Crippen LogP contribution in [-0.2, 0) is 23.1 Å². The van der Waals surface area contributed by atoms with Crippen LogP contribution < -0.4 is 0 Å². The standard InChI is InChI=1S/C14H21N7O2/c1-10-8-11(2)21(16-10)5-4-13(22)20-6-7-23-12(9-20)14-15-18-19(3)17-14/h8,12H,4-7,9H2,1-3H3. The Morgan fingerprint density at radius 1 is 1.39 bits per heavy atom. The molecule has 0 aliphatic carbocycles. The van der Waals surface area contributed by atoms with E-state index in [9.17, 15) is 4.79 Å². The van der Waals surface area contributed by atoms with Crippen LogP contribution in [0.3, 0.4) is 0 Å². The molecule has 0 N–H and O–H groups in total. The van der Waals surface area contributed by atoms with Gasteiger partial charge in [-0.3, -0.25) is 9.48 Å². The molecule has 1 saturated heterocycles. The van der Waals surface area contributed by atoms with Crippen molar-refractivity contribution in [2.75, 3.05) is 19.7 Å². The smallest absolute Gasteiger partial charge is 0.224 e. The van der Waals surface area contributed by atoms with Gasteiger partial charge in [0.15, 0.2) is 0 Å². The Morgan fingerprint density at radius 3 is 2.87 bits per heavy atom. The topological polar surface area (TPSA) is 91.0 Å². The summed E-state index contributed by atoms with van der Waals surface area (Å²) in [4.78, 5) is 15.6. The second-order valence-corrected chi connectivity index (χ2v) is 5.74. The Balaban J connectivity index is 1.57. The molecule has 0 saturated carbocycles. The fraction of sp³-hybridized carbons (Fsp3) is 0.643. The Kier molecular flexibility index (Phi) is 4.37. The van der Waals surface area contributed by atoms with Crippen LogP contribution in [0.25, 0.3) is 0 Å². The summed E-state index contributed by atoms with van der Waals surface area (Å²) in [6, 6.07) is 2.01. The van der Waals surface area contributed by atoms with Crippen molar-refractivity contribution in [3.8, 4) is 0 Å². The van der Waals surface area contributed by atoms with Crippen LogP contribution in [0.4, 0.5) is 0 Å². The Morgan fingerprint density at radius 2 is 2.22 bits per heavy atom. The first kappa shape index (κ1) is 15.6. The summed E-state index contributed by atoms with van der Waals surface area (Å²) < 4.78 is 7.52. The number of tetrazole rings is 1.